The van der Waals surface area contributed by atoms with Gasteiger partial charge in [0.05, 0.1) is 136 Å². The number of aromatic nitrogens is 14. The van der Waals surface area contributed by atoms with E-state index in [1.165, 1.54) is 45.1 Å². The number of aryl methyl sites for hydroxylation is 4. The lowest BCUT2D eigenvalue weighted by Crippen LogP contribution is -1.99. The number of carboxylic acid groups (broad SMARTS) is 7. The molecule has 0 amide bonds. The molecule has 31 heteroatoms. The summed E-state index contributed by atoms with van der Waals surface area (Å²) < 4.78 is 35.8. The number of halogens is 1. The SMILES string of the molecule is COc1ccc(-c2cnn(-c3ccc(C(=O)O)cc3)c2)cc1.COc1ccc(-c2cnn(-c3cccc(C(=O)O)c3)c2)cc1.Cc1ccc(-c2cnn(-c3ccc(C(=O)O)cc3)c2)cc1.Cc1ccc(-c2cnn(-c3ccc(C(=O)O)cc3)c2)cc1.Cc1ccc(-c2cnn(-c3cccc(C(=O)O)c3)c2)cc1.Cc1ccc(-c2cnn(-c3cccc(C(=O)O)c3)c2)cc1.O=C(O)c1cccc(-n2cc(-c3ccccc3F)cn2)c1. The van der Waals surface area contributed by atoms with Gasteiger partial charge in [-0.1, -0.05) is 186 Å². The standard InChI is InChI=1S/2C17H14N2O3.4C17H14N2O2.C16H11FN2O2/c1-22-16-8-4-12(5-9-16)14-10-18-19(11-14)15-6-2-13(3-7-15)17(20)21;1-22-16-7-5-12(6-8-16)14-10-18-19(11-14)15-4-2-3-13(9-15)17(20)21;2*1-12-2-4-13(5-3-12)15-10-18-19(11-15)16-8-6-14(7-9-16)17(20)21;2*1-12-5-7-13(8-6-12)15-10-18-19(11-15)16-4-2-3-14(9-16)17(20)21;17-15-7-2-1-6-14(15)12-9-18-19(10-12)13-5-3-4-11(8-13)16(20)21/h2*2-11H,1H3,(H,20,21);4*2-11H,1H3,(H,20,21);1-10H,(H,20,21). The predicted molar refractivity (Wildman–Crippen MR) is 564 cm³/mol. The molecule has 149 heavy (non-hydrogen) atoms. The molecular weight excluding hydrogens is 1890 g/mol. The van der Waals surface area contributed by atoms with E-state index in [9.17, 15) is 38.0 Å². The average molecular weight is 1980 g/mol. The Hall–Kier alpha value is -20.6. The normalized spacial score (nSPS) is 10.5. The van der Waals surface area contributed by atoms with Crippen LogP contribution in [0.1, 0.15) is 94.8 Å². The van der Waals surface area contributed by atoms with Crippen molar-refractivity contribution in [2.75, 3.05) is 14.2 Å². The van der Waals surface area contributed by atoms with Gasteiger partial charge in [0.15, 0.2) is 0 Å². The Morgan fingerprint density at radius 1 is 0.208 bits per heavy atom. The van der Waals surface area contributed by atoms with Crippen LogP contribution in [0.4, 0.5) is 4.39 Å². The molecule has 740 valence electrons. The van der Waals surface area contributed by atoms with Crippen molar-refractivity contribution in [2.45, 2.75) is 27.7 Å². The van der Waals surface area contributed by atoms with Crippen molar-refractivity contribution in [3.8, 4) is 129 Å². The molecule has 21 aromatic rings. The van der Waals surface area contributed by atoms with Crippen LogP contribution >= 0.6 is 0 Å². The Morgan fingerprint density at radius 3 is 0.611 bits per heavy atom. The number of carboxylic acids is 7. The van der Waals surface area contributed by atoms with Crippen LogP contribution in [-0.2, 0) is 0 Å². The molecule has 21 rings (SSSR count). The van der Waals surface area contributed by atoms with Crippen molar-refractivity contribution in [3.05, 3.63) is 493 Å². The Bertz CT molecular complexity index is 7960. The fraction of sp³-hybridized carbons (Fsp3) is 0.0508. The van der Waals surface area contributed by atoms with E-state index in [0.717, 1.165) is 107 Å². The number of nitrogens with zero attached hydrogens (tertiary/aromatic N) is 14. The summed E-state index contributed by atoms with van der Waals surface area (Å²) in [6.07, 6.45) is 25.3. The maximum absolute atomic E-state index is 13.7. The minimum absolute atomic E-state index is 0.176. The number of hydrogen-bond donors (Lipinski definition) is 7. The van der Waals surface area contributed by atoms with Gasteiger partial charge < -0.3 is 45.2 Å². The smallest absolute Gasteiger partial charge is 0.335 e. The largest absolute Gasteiger partial charge is 0.497 e. The van der Waals surface area contributed by atoms with Crippen molar-refractivity contribution in [1.29, 1.82) is 0 Å². The van der Waals surface area contributed by atoms with E-state index >= 15 is 0 Å². The van der Waals surface area contributed by atoms with Crippen LogP contribution in [0.2, 0.25) is 0 Å². The number of hydrogen-bond acceptors (Lipinski definition) is 16. The Kier molecular flexibility index (Phi) is 33.3. The van der Waals surface area contributed by atoms with Crippen LogP contribution in [0.25, 0.3) is 118 Å². The number of carbonyl (C=O) groups is 7. The number of methoxy groups -OCH3 is 2. The zero-order valence-corrected chi connectivity index (χ0v) is 80.9. The fourth-order valence-electron chi connectivity index (χ4n) is 14.9. The molecule has 0 fully saturated rings. The van der Waals surface area contributed by atoms with Crippen LogP contribution < -0.4 is 9.47 Å². The van der Waals surface area contributed by atoms with Gasteiger partial charge in [-0.15, -0.1) is 0 Å². The van der Waals surface area contributed by atoms with Gasteiger partial charge >= 0.3 is 41.8 Å². The first-order chi connectivity index (χ1) is 72.0. The third kappa shape index (κ3) is 27.2. The molecule has 0 saturated heterocycles. The molecule has 0 aliphatic carbocycles. The topological polar surface area (TPSA) is 404 Å². The third-order valence-corrected chi connectivity index (χ3v) is 23.2. The maximum Gasteiger partial charge on any atom is 0.335 e. The summed E-state index contributed by atoms with van der Waals surface area (Å²) >= 11 is 0. The van der Waals surface area contributed by atoms with Gasteiger partial charge in [0, 0.05) is 87.9 Å². The van der Waals surface area contributed by atoms with E-state index in [0.29, 0.717) is 22.5 Å². The molecule has 0 spiro atoms. The highest BCUT2D eigenvalue weighted by Gasteiger charge is 2.17. The van der Waals surface area contributed by atoms with Crippen LogP contribution in [0.3, 0.4) is 0 Å². The van der Waals surface area contributed by atoms with Crippen molar-refractivity contribution in [3.63, 3.8) is 0 Å². The summed E-state index contributed by atoms with van der Waals surface area (Å²) in [6, 6.07) is 101. The zero-order valence-electron chi connectivity index (χ0n) is 80.9. The number of ether oxygens (including phenoxy) is 2. The van der Waals surface area contributed by atoms with Gasteiger partial charge in [-0.25, -0.2) is 70.7 Å². The van der Waals surface area contributed by atoms with Gasteiger partial charge in [0.2, 0.25) is 0 Å². The molecule has 0 radical (unpaired) electrons. The van der Waals surface area contributed by atoms with Gasteiger partial charge in [-0.2, -0.15) is 35.7 Å². The summed E-state index contributed by atoms with van der Waals surface area (Å²) in [5, 5.41) is 92.9. The lowest BCUT2D eigenvalue weighted by molar-refractivity contribution is 0.0686. The maximum atomic E-state index is 13.7. The molecular formula is C118H95FN14O16. The lowest BCUT2D eigenvalue weighted by Gasteiger charge is -2.03. The van der Waals surface area contributed by atoms with Crippen LogP contribution in [0.15, 0.2) is 426 Å². The number of benzene rings is 14. The molecule has 0 unspecified atom stereocenters. The first-order valence-electron chi connectivity index (χ1n) is 46.0. The first kappa shape index (κ1) is 103. The fourth-order valence-corrected chi connectivity index (χ4v) is 14.9. The third-order valence-electron chi connectivity index (χ3n) is 23.2. The van der Waals surface area contributed by atoms with Crippen molar-refractivity contribution >= 4 is 41.8 Å². The molecule has 7 aromatic heterocycles. The minimum atomic E-state index is -1.00. The van der Waals surface area contributed by atoms with Gasteiger partial charge in [-0.05, 0) is 237 Å². The summed E-state index contributed by atoms with van der Waals surface area (Å²) in [7, 11) is 3.26. The number of rotatable bonds is 23. The molecule has 7 N–H and O–H groups in total. The van der Waals surface area contributed by atoms with Gasteiger partial charge in [-0.3, -0.25) is 0 Å². The van der Waals surface area contributed by atoms with Crippen molar-refractivity contribution < 1.29 is 83.2 Å². The number of aromatic carboxylic acids is 7. The van der Waals surface area contributed by atoms with Crippen molar-refractivity contribution in [1.82, 2.24) is 68.5 Å². The van der Waals surface area contributed by atoms with Gasteiger partial charge in [0.25, 0.3) is 0 Å². The highest BCUT2D eigenvalue weighted by Crippen LogP contribution is 2.31. The molecule has 7 heterocycles. The molecule has 0 saturated carbocycles. The van der Waals surface area contributed by atoms with Gasteiger partial charge in [0.1, 0.15) is 17.3 Å². The van der Waals surface area contributed by atoms with Crippen LogP contribution in [0, 0.1) is 33.5 Å². The second-order valence-electron chi connectivity index (χ2n) is 33.6. The first-order valence-corrected chi connectivity index (χ1v) is 46.0. The summed E-state index contributed by atoms with van der Waals surface area (Å²) in [6.45, 7) is 8.20. The zero-order chi connectivity index (χ0) is 105. The average Bonchev–Trinajstić information content (AvgIpc) is 1.71. The quantitative estimate of drug-likeness (QED) is 0.0313. The predicted octanol–water partition coefficient (Wildman–Crippen LogP) is 24.1. The van der Waals surface area contributed by atoms with E-state index in [1.54, 1.807) is 250 Å². The molecule has 0 bridgehead atoms. The second kappa shape index (κ2) is 48.2. The van der Waals surface area contributed by atoms with E-state index in [1.807, 2.05) is 142 Å². The molecule has 14 aromatic carbocycles. The summed E-state index contributed by atoms with van der Waals surface area (Å²) in [4.78, 5) is 76.6. The van der Waals surface area contributed by atoms with Crippen molar-refractivity contribution in [2.24, 2.45) is 0 Å². The molecule has 0 aliphatic heterocycles. The van der Waals surface area contributed by atoms with E-state index in [4.69, 9.17) is 45.2 Å². The second-order valence-corrected chi connectivity index (χ2v) is 33.6. The summed E-state index contributed by atoms with van der Waals surface area (Å²) in [5.41, 5.74) is 25.3. The molecule has 0 aliphatic rings. The molecule has 30 nitrogen and oxygen atoms in total. The summed E-state index contributed by atoms with van der Waals surface area (Å²) in [5.74, 6) is -5.36. The Morgan fingerprint density at radius 2 is 0.403 bits per heavy atom. The highest BCUT2D eigenvalue weighted by atomic mass is 19.1. The Labute approximate surface area is 853 Å². The molecule has 0 atom stereocenters. The lowest BCUT2D eigenvalue weighted by atomic mass is 10.1. The highest BCUT2D eigenvalue weighted by molar-refractivity contribution is 5.92. The van der Waals surface area contributed by atoms with E-state index in [2.05, 4.69) is 122 Å². The Balaban J connectivity index is 0.000000130. The van der Waals surface area contributed by atoms with Crippen LogP contribution in [0.5, 0.6) is 11.5 Å². The minimum Gasteiger partial charge on any atom is -0.497 e. The van der Waals surface area contributed by atoms with E-state index in [-0.39, 0.29) is 44.8 Å². The monoisotopic (exact) mass is 1980 g/mol. The van der Waals surface area contributed by atoms with Crippen LogP contribution in [-0.4, -0.2) is 160 Å². The van der Waals surface area contributed by atoms with E-state index < -0.39 is 41.8 Å².